The Labute approximate surface area is 164 Å². The summed E-state index contributed by atoms with van der Waals surface area (Å²) in [5.41, 5.74) is 0.185. The summed E-state index contributed by atoms with van der Waals surface area (Å²) < 4.78 is 62.2. The maximum Gasteiger partial charge on any atom is 0.387 e. The van der Waals surface area contributed by atoms with Gasteiger partial charge in [-0.2, -0.15) is 13.1 Å². The van der Waals surface area contributed by atoms with Crippen molar-refractivity contribution in [2.75, 3.05) is 19.8 Å². The summed E-state index contributed by atoms with van der Waals surface area (Å²) in [5, 5.41) is 3.61. The zero-order chi connectivity index (χ0) is 19.9. The molecular weight excluding hydrogens is 390 g/mol. The molecule has 6 nitrogen and oxygen atoms in total. The maximum atomic E-state index is 13.2. The Morgan fingerprint density at radius 2 is 1.82 bits per heavy atom. The van der Waals surface area contributed by atoms with Crippen LogP contribution in [0.2, 0.25) is 0 Å². The summed E-state index contributed by atoms with van der Waals surface area (Å²) in [5.74, 6) is -0.0479. The second-order valence-electron chi connectivity index (χ2n) is 8.42. The summed E-state index contributed by atoms with van der Waals surface area (Å²) in [6, 6.07) is 5.49. The van der Waals surface area contributed by atoms with Gasteiger partial charge in [0, 0.05) is 30.1 Å². The van der Waals surface area contributed by atoms with Crippen molar-refractivity contribution in [3.8, 4) is 5.75 Å². The van der Waals surface area contributed by atoms with Crippen molar-refractivity contribution >= 4 is 10.0 Å². The quantitative estimate of drug-likeness (QED) is 0.740. The maximum absolute atomic E-state index is 13.2. The van der Waals surface area contributed by atoms with E-state index in [1.807, 2.05) is 0 Å². The summed E-state index contributed by atoms with van der Waals surface area (Å²) in [7, 11) is -3.66. The fraction of sp³-hybridized carbons (Fsp3) is 0.684. The lowest BCUT2D eigenvalue weighted by atomic mass is 9.87. The smallest absolute Gasteiger partial charge is 0.387 e. The number of hydrogen-bond acceptors (Lipinski definition) is 5. The zero-order valence-electron chi connectivity index (χ0n) is 15.8. The van der Waals surface area contributed by atoms with Gasteiger partial charge in [-0.15, -0.1) is 0 Å². The van der Waals surface area contributed by atoms with E-state index in [2.05, 4.69) is 17.0 Å². The van der Waals surface area contributed by atoms with E-state index in [1.54, 1.807) is 4.31 Å². The van der Waals surface area contributed by atoms with Gasteiger partial charge in [-0.3, -0.25) is 0 Å². The van der Waals surface area contributed by atoms with E-state index >= 15 is 0 Å². The van der Waals surface area contributed by atoms with Crippen LogP contribution in [0.5, 0.6) is 5.75 Å². The van der Waals surface area contributed by atoms with Crippen LogP contribution < -0.4 is 10.1 Å². The molecule has 1 unspecified atom stereocenters. The number of hydrogen-bond donors (Lipinski definition) is 1. The molecule has 3 aliphatic heterocycles. The minimum atomic E-state index is -3.66. The van der Waals surface area contributed by atoms with Crippen molar-refractivity contribution in [2.45, 2.75) is 62.2 Å². The Hall–Kier alpha value is -1.29. The summed E-state index contributed by atoms with van der Waals surface area (Å²) >= 11 is 0. The van der Waals surface area contributed by atoms with Gasteiger partial charge in [-0.05, 0) is 49.9 Å². The number of halogens is 2. The average molecular weight is 416 g/mol. The molecule has 28 heavy (non-hydrogen) atoms. The van der Waals surface area contributed by atoms with Gasteiger partial charge in [0.25, 0.3) is 0 Å². The first-order valence-corrected chi connectivity index (χ1v) is 11.1. The highest BCUT2D eigenvalue weighted by Gasteiger charge is 2.47. The molecule has 3 atom stereocenters. The van der Waals surface area contributed by atoms with Gasteiger partial charge >= 0.3 is 6.61 Å². The Kier molecular flexibility index (Phi) is 5.37. The molecule has 2 bridgehead atoms. The Balaban J connectivity index is 1.43. The van der Waals surface area contributed by atoms with E-state index in [9.17, 15) is 17.2 Å². The highest BCUT2D eigenvalue weighted by Crippen LogP contribution is 2.40. The zero-order valence-corrected chi connectivity index (χ0v) is 16.6. The lowest BCUT2D eigenvalue weighted by Gasteiger charge is -2.42. The molecule has 0 aliphatic carbocycles. The van der Waals surface area contributed by atoms with Crippen LogP contribution in [0.3, 0.4) is 0 Å². The number of nitrogens with one attached hydrogen (secondary N) is 1. The van der Waals surface area contributed by atoms with Crippen LogP contribution in [0.25, 0.3) is 0 Å². The first-order valence-electron chi connectivity index (χ1n) is 9.66. The minimum Gasteiger partial charge on any atom is -0.435 e. The van der Waals surface area contributed by atoms with E-state index in [1.165, 1.54) is 24.3 Å². The van der Waals surface area contributed by atoms with Crippen molar-refractivity contribution < 1.29 is 26.7 Å². The summed E-state index contributed by atoms with van der Waals surface area (Å²) in [6.45, 7) is 1.68. The molecule has 1 N–H and O–H groups in total. The van der Waals surface area contributed by atoms with Crippen molar-refractivity contribution in [1.29, 1.82) is 0 Å². The second kappa shape index (κ2) is 7.51. The van der Waals surface area contributed by atoms with Gasteiger partial charge in [0.15, 0.2) is 0 Å². The number of benzene rings is 1. The lowest BCUT2D eigenvalue weighted by Crippen LogP contribution is -2.55. The molecule has 9 heteroatoms. The number of rotatable bonds is 7. The molecule has 3 aliphatic rings. The lowest BCUT2D eigenvalue weighted by molar-refractivity contribution is -0.101. The third-order valence-corrected chi connectivity index (χ3v) is 8.03. The van der Waals surface area contributed by atoms with Crippen LogP contribution in [-0.4, -0.2) is 57.2 Å². The van der Waals surface area contributed by atoms with Gasteiger partial charge < -0.3 is 14.8 Å². The number of fused-ring (bicyclic) bond motifs is 2. The number of piperidine rings is 1. The number of alkyl halides is 2. The van der Waals surface area contributed by atoms with Crippen LogP contribution in [0.1, 0.15) is 32.6 Å². The normalized spacial score (nSPS) is 29.6. The Morgan fingerprint density at radius 3 is 2.32 bits per heavy atom. The van der Waals surface area contributed by atoms with Crippen LogP contribution in [0.15, 0.2) is 29.2 Å². The van der Waals surface area contributed by atoms with Crippen LogP contribution in [-0.2, 0) is 14.8 Å². The van der Waals surface area contributed by atoms with Gasteiger partial charge in [0.05, 0.1) is 18.1 Å². The number of nitrogens with zero attached hydrogens (tertiary/aromatic N) is 1. The average Bonchev–Trinajstić information content (AvgIpc) is 2.90. The van der Waals surface area contributed by atoms with E-state index in [4.69, 9.17) is 4.74 Å². The molecule has 156 valence electrons. The molecule has 0 radical (unpaired) electrons. The molecule has 1 aromatic carbocycles. The van der Waals surface area contributed by atoms with Crippen molar-refractivity contribution in [3.05, 3.63) is 24.3 Å². The molecule has 1 aromatic rings. The minimum absolute atomic E-state index is 0.0244. The molecular formula is C19H26F2N2O4S. The standard InChI is InChI=1S/C19H26F2N2O4S/c1-19(11-26-12-19)10-22-13-8-14-2-3-15(9-13)23(14)28(24,25)17-6-4-16(5-7-17)27-18(20)21/h4-7,13-15,18,22H,2-3,8-12H2,1H3/t13?,14-,15+. The van der Waals surface area contributed by atoms with E-state index in [-0.39, 0.29) is 28.1 Å². The van der Waals surface area contributed by atoms with E-state index < -0.39 is 16.6 Å². The summed E-state index contributed by atoms with van der Waals surface area (Å²) in [4.78, 5) is 0.122. The molecule has 0 amide bonds. The molecule has 3 saturated heterocycles. The van der Waals surface area contributed by atoms with Crippen molar-refractivity contribution in [3.63, 3.8) is 0 Å². The number of ether oxygens (including phenoxy) is 2. The summed E-state index contributed by atoms with van der Waals surface area (Å²) in [6.07, 6.45) is 3.29. The van der Waals surface area contributed by atoms with Crippen LogP contribution in [0, 0.1) is 5.41 Å². The predicted molar refractivity (Wildman–Crippen MR) is 98.9 cm³/mol. The molecule has 0 saturated carbocycles. The van der Waals surface area contributed by atoms with Crippen molar-refractivity contribution in [1.82, 2.24) is 9.62 Å². The molecule has 3 heterocycles. The molecule has 0 aromatic heterocycles. The fourth-order valence-electron chi connectivity index (χ4n) is 4.55. The van der Waals surface area contributed by atoms with Crippen LogP contribution in [0.4, 0.5) is 8.78 Å². The third-order valence-electron chi connectivity index (χ3n) is 6.01. The Bertz CT molecular complexity index is 785. The largest absolute Gasteiger partial charge is 0.435 e. The first-order chi connectivity index (χ1) is 13.3. The highest BCUT2D eigenvalue weighted by molar-refractivity contribution is 7.89. The predicted octanol–water partition coefficient (Wildman–Crippen LogP) is 2.60. The van der Waals surface area contributed by atoms with Gasteiger partial charge in [-0.1, -0.05) is 6.92 Å². The monoisotopic (exact) mass is 416 g/mol. The fourth-order valence-corrected chi connectivity index (χ4v) is 6.44. The molecule has 3 fully saturated rings. The number of sulfonamides is 1. The van der Waals surface area contributed by atoms with Gasteiger partial charge in [0.1, 0.15) is 5.75 Å². The molecule has 4 rings (SSSR count). The third kappa shape index (κ3) is 3.90. The second-order valence-corrected chi connectivity index (χ2v) is 10.3. The van der Waals surface area contributed by atoms with Gasteiger partial charge in [0.2, 0.25) is 10.0 Å². The van der Waals surface area contributed by atoms with Crippen LogP contribution >= 0.6 is 0 Å². The topological polar surface area (TPSA) is 67.9 Å². The molecule has 0 spiro atoms. The highest BCUT2D eigenvalue weighted by atomic mass is 32.2. The van der Waals surface area contributed by atoms with E-state index in [0.717, 1.165) is 45.4 Å². The van der Waals surface area contributed by atoms with Gasteiger partial charge in [-0.25, -0.2) is 8.42 Å². The van der Waals surface area contributed by atoms with Crippen molar-refractivity contribution in [2.24, 2.45) is 5.41 Å². The van der Waals surface area contributed by atoms with E-state index in [0.29, 0.717) is 6.04 Å². The SMILES string of the molecule is CC1(CNC2C[C@H]3CC[C@@H](C2)N3S(=O)(=O)c2ccc(OC(F)F)cc2)COC1. The first kappa shape index (κ1) is 20.0. The Morgan fingerprint density at radius 1 is 1.21 bits per heavy atom.